The van der Waals surface area contributed by atoms with Crippen molar-refractivity contribution in [3.8, 4) is 0 Å². The van der Waals surface area contributed by atoms with Gasteiger partial charge in [-0.3, -0.25) is 14.5 Å². The van der Waals surface area contributed by atoms with Crippen LogP contribution < -0.4 is 15.8 Å². The van der Waals surface area contributed by atoms with E-state index in [2.05, 4.69) is 33.3 Å². The summed E-state index contributed by atoms with van der Waals surface area (Å²) in [5.41, 5.74) is 4.09. The fraction of sp³-hybridized carbons (Fsp3) is 0.419. The van der Waals surface area contributed by atoms with Gasteiger partial charge in [0, 0.05) is 55.3 Å². The Morgan fingerprint density at radius 3 is 2.46 bits per heavy atom. The highest BCUT2D eigenvalue weighted by Gasteiger charge is 2.30. The maximum absolute atomic E-state index is 13.5. The molecular formula is C31H37ClN4O5. The molecular weight excluding hydrogens is 544 g/mol. The van der Waals surface area contributed by atoms with Gasteiger partial charge in [0.25, 0.3) is 11.5 Å². The molecule has 9 nitrogen and oxygen atoms in total. The van der Waals surface area contributed by atoms with Crippen LogP contribution in [-0.2, 0) is 15.9 Å². The van der Waals surface area contributed by atoms with Crippen molar-refractivity contribution in [3.05, 3.63) is 92.9 Å². The zero-order valence-corrected chi connectivity index (χ0v) is 23.9. The predicted octanol–water partition coefficient (Wildman–Crippen LogP) is 3.44. The molecule has 2 aromatic carbocycles. The number of carbonyl (C=O) groups excluding carboxylic acids is 1. The summed E-state index contributed by atoms with van der Waals surface area (Å²) >= 11 is 5.95. The van der Waals surface area contributed by atoms with Crippen LogP contribution >= 0.6 is 11.6 Å². The van der Waals surface area contributed by atoms with Crippen LogP contribution in [0.1, 0.15) is 33.9 Å². The summed E-state index contributed by atoms with van der Waals surface area (Å²) in [6.07, 6.45) is 3.48. The highest BCUT2D eigenvalue weighted by atomic mass is 35.5. The number of nitrogens with one attached hydrogen (secondary N) is 1. The summed E-state index contributed by atoms with van der Waals surface area (Å²) in [6.45, 7) is 6.75. The van der Waals surface area contributed by atoms with Crippen molar-refractivity contribution in [1.82, 2.24) is 9.47 Å². The molecule has 1 amide bonds. The number of hydrogen-bond acceptors (Lipinski definition) is 7. The SMILES string of the molecule is O=C(Nc1ccc(Cl)cc1)c1cccn(C2CCc3c2cccc3N2CCN(CCOCCOCCO)CC2)c1=O. The number of aliphatic hydroxyl groups is 1. The molecule has 0 spiro atoms. The molecule has 0 radical (unpaired) electrons. The van der Waals surface area contributed by atoms with Gasteiger partial charge in [-0.15, -0.1) is 0 Å². The third-order valence-corrected chi connectivity index (χ3v) is 8.00. The van der Waals surface area contributed by atoms with Crippen LogP contribution in [0.2, 0.25) is 5.02 Å². The van der Waals surface area contributed by atoms with E-state index in [1.165, 1.54) is 11.3 Å². The van der Waals surface area contributed by atoms with Crippen molar-refractivity contribution in [3.63, 3.8) is 0 Å². The highest BCUT2D eigenvalue weighted by Crippen LogP contribution is 2.39. The lowest BCUT2D eigenvalue weighted by atomic mass is 10.0. The molecule has 1 unspecified atom stereocenters. The molecule has 2 N–H and O–H groups in total. The van der Waals surface area contributed by atoms with Crippen molar-refractivity contribution in [2.75, 3.05) is 76.0 Å². The smallest absolute Gasteiger partial charge is 0.263 e. The summed E-state index contributed by atoms with van der Waals surface area (Å²) in [7, 11) is 0. The third kappa shape index (κ3) is 7.17. The Hall–Kier alpha value is -3.21. The van der Waals surface area contributed by atoms with Gasteiger partial charge in [-0.2, -0.15) is 0 Å². The van der Waals surface area contributed by atoms with Crippen molar-refractivity contribution in [1.29, 1.82) is 0 Å². The minimum Gasteiger partial charge on any atom is -0.394 e. The van der Waals surface area contributed by atoms with Gasteiger partial charge in [-0.1, -0.05) is 23.7 Å². The predicted molar refractivity (Wildman–Crippen MR) is 160 cm³/mol. The number of benzene rings is 2. The summed E-state index contributed by atoms with van der Waals surface area (Å²) in [5, 5.41) is 12.1. The standard InChI is InChI=1S/C31H37ClN4O5/c32-23-6-8-24(9-7-23)33-30(38)27-4-2-12-36(31(27)39)29-11-10-26-25(29)3-1-5-28(26)35-15-13-34(14-16-35)17-19-40-21-22-41-20-18-37/h1-9,12,29,37H,10-11,13-22H2,(H,33,38). The molecule has 10 heteroatoms. The second-order valence-corrected chi connectivity index (χ2v) is 10.7. The van der Waals surface area contributed by atoms with Crippen LogP contribution in [0, 0.1) is 0 Å². The van der Waals surface area contributed by atoms with Crippen LogP contribution in [0.4, 0.5) is 11.4 Å². The molecule has 1 aliphatic heterocycles. The zero-order valence-electron chi connectivity index (χ0n) is 23.1. The molecule has 5 rings (SSSR count). The van der Waals surface area contributed by atoms with Gasteiger partial charge >= 0.3 is 0 Å². The Morgan fingerprint density at radius 2 is 1.71 bits per heavy atom. The van der Waals surface area contributed by atoms with E-state index in [1.54, 1.807) is 47.2 Å². The number of rotatable bonds is 12. The first kappa shape index (κ1) is 29.3. The molecule has 2 aliphatic rings. The fourth-order valence-electron chi connectivity index (χ4n) is 5.65. The maximum Gasteiger partial charge on any atom is 0.263 e. The number of pyridine rings is 1. The number of aliphatic hydroxyl groups excluding tert-OH is 1. The third-order valence-electron chi connectivity index (χ3n) is 7.74. The van der Waals surface area contributed by atoms with E-state index in [0.29, 0.717) is 37.1 Å². The number of fused-ring (bicyclic) bond motifs is 1. The number of nitrogens with zero attached hydrogens (tertiary/aromatic N) is 3. The summed E-state index contributed by atoms with van der Waals surface area (Å²) in [6, 6.07) is 16.4. The van der Waals surface area contributed by atoms with Crippen molar-refractivity contribution in [2.24, 2.45) is 0 Å². The highest BCUT2D eigenvalue weighted by molar-refractivity contribution is 6.30. The van der Waals surface area contributed by atoms with E-state index in [0.717, 1.165) is 51.1 Å². The van der Waals surface area contributed by atoms with Gasteiger partial charge in [0.1, 0.15) is 5.56 Å². The lowest BCUT2D eigenvalue weighted by Crippen LogP contribution is -2.47. The Balaban J connectivity index is 1.21. The van der Waals surface area contributed by atoms with Crippen molar-refractivity contribution < 1.29 is 19.4 Å². The number of piperazine rings is 1. The first-order valence-electron chi connectivity index (χ1n) is 14.2. The minimum atomic E-state index is -0.433. The number of hydrogen-bond donors (Lipinski definition) is 2. The maximum atomic E-state index is 13.5. The van der Waals surface area contributed by atoms with E-state index in [-0.39, 0.29) is 23.8 Å². The number of aromatic nitrogens is 1. The molecule has 1 saturated heterocycles. The second-order valence-electron chi connectivity index (χ2n) is 10.3. The number of anilines is 2. The first-order chi connectivity index (χ1) is 20.0. The lowest BCUT2D eigenvalue weighted by molar-refractivity contribution is 0.0261. The van der Waals surface area contributed by atoms with Gasteiger partial charge in [0.15, 0.2) is 0 Å². The van der Waals surface area contributed by atoms with E-state index >= 15 is 0 Å². The largest absolute Gasteiger partial charge is 0.394 e. The van der Waals surface area contributed by atoms with Crippen LogP contribution in [0.15, 0.2) is 65.6 Å². The second kappa shape index (κ2) is 14.1. The van der Waals surface area contributed by atoms with Gasteiger partial charge < -0.3 is 29.4 Å². The zero-order chi connectivity index (χ0) is 28.6. The van der Waals surface area contributed by atoms with Gasteiger partial charge in [-0.25, -0.2) is 0 Å². The number of amides is 1. The average molecular weight is 581 g/mol. The number of halogens is 1. The molecule has 0 bridgehead atoms. The summed E-state index contributed by atoms with van der Waals surface area (Å²) < 4.78 is 12.6. The molecule has 1 aliphatic carbocycles. The van der Waals surface area contributed by atoms with E-state index in [9.17, 15) is 9.59 Å². The molecule has 2 heterocycles. The number of ether oxygens (including phenoxy) is 2. The Labute approximate surface area is 245 Å². The van der Waals surface area contributed by atoms with Crippen LogP contribution in [0.25, 0.3) is 0 Å². The van der Waals surface area contributed by atoms with Crippen molar-refractivity contribution in [2.45, 2.75) is 18.9 Å². The fourth-order valence-corrected chi connectivity index (χ4v) is 5.78. The summed E-state index contributed by atoms with van der Waals surface area (Å²) in [5.74, 6) is -0.433. The van der Waals surface area contributed by atoms with Gasteiger partial charge in [-0.05, 0) is 66.4 Å². The molecule has 3 aromatic rings. The van der Waals surface area contributed by atoms with Gasteiger partial charge in [0.2, 0.25) is 0 Å². The summed E-state index contributed by atoms with van der Waals surface area (Å²) in [4.78, 5) is 31.3. The van der Waals surface area contributed by atoms with E-state index in [4.69, 9.17) is 26.2 Å². The molecule has 1 atom stereocenters. The van der Waals surface area contributed by atoms with Crippen LogP contribution in [0.5, 0.6) is 0 Å². The van der Waals surface area contributed by atoms with E-state index < -0.39 is 5.91 Å². The minimum absolute atomic E-state index is 0.0335. The lowest BCUT2D eigenvalue weighted by Gasteiger charge is -2.37. The Morgan fingerprint density at radius 1 is 0.951 bits per heavy atom. The van der Waals surface area contributed by atoms with Crippen LogP contribution in [-0.4, -0.2) is 86.2 Å². The van der Waals surface area contributed by atoms with Crippen molar-refractivity contribution >= 4 is 28.9 Å². The quantitative estimate of drug-likeness (QED) is 0.317. The van der Waals surface area contributed by atoms with Crippen LogP contribution in [0.3, 0.4) is 0 Å². The Bertz CT molecular complexity index is 1370. The monoisotopic (exact) mass is 580 g/mol. The Kier molecular flexibility index (Phi) is 10.1. The number of carbonyl (C=O) groups is 1. The van der Waals surface area contributed by atoms with Gasteiger partial charge in [0.05, 0.1) is 39.1 Å². The topological polar surface area (TPSA) is 96.3 Å². The van der Waals surface area contributed by atoms with E-state index in [1.807, 2.05) is 0 Å². The molecule has 218 valence electrons. The molecule has 1 fully saturated rings. The molecule has 1 aromatic heterocycles. The normalized spacial score (nSPS) is 17.0. The average Bonchev–Trinajstić information content (AvgIpc) is 3.42. The molecule has 0 saturated carbocycles. The first-order valence-corrected chi connectivity index (χ1v) is 14.6. The molecule has 41 heavy (non-hydrogen) atoms.